The molecule has 0 aliphatic rings. The normalized spacial score (nSPS) is 11.6. The highest BCUT2D eigenvalue weighted by atomic mass is 35.5. The lowest BCUT2D eigenvalue weighted by molar-refractivity contribution is -0.384. The number of anilines is 1. The molecule has 0 unspecified atom stereocenters. The number of nitrogens with one attached hydrogen (secondary N) is 1. The van der Waals surface area contributed by atoms with Gasteiger partial charge in [-0.15, -0.1) is 16.3 Å². The molecular formula is C37H52ClN3O6. The molecule has 0 aliphatic carbocycles. The largest absolute Gasteiger partial charge is 0.491 e. The van der Waals surface area contributed by atoms with E-state index in [1.807, 2.05) is 26.8 Å². The van der Waals surface area contributed by atoms with Crippen LogP contribution < -0.4 is 15.6 Å². The van der Waals surface area contributed by atoms with E-state index in [1.165, 1.54) is 76.3 Å². The third-order valence-corrected chi connectivity index (χ3v) is 8.45. The van der Waals surface area contributed by atoms with Crippen molar-refractivity contribution in [3.8, 4) is 11.4 Å². The Labute approximate surface area is 284 Å². The van der Waals surface area contributed by atoms with Crippen LogP contribution in [0.4, 0.5) is 11.4 Å². The number of hydrogen-bond donors (Lipinski definition) is 1. The van der Waals surface area contributed by atoms with E-state index in [-0.39, 0.29) is 22.7 Å². The third-order valence-electron chi connectivity index (χ3n) is 8.19. The van der Waals surface area contributed by atoms with Gasteiger partial charge in [0.25, 0.3) is 17.2 Å². The molecule has 1 heterocycles. The molecule has 0 fully saturated rings. The highest BCUT2D eigenvalue weighted by Gasteiger charge is 2.30. The Bertz CT molecular complexity index is 1500. The number of carbonyl (C=O) groups is 1. The van der Waals surface area contributed by atoms with Crippen LogP contribution >= 0.6 is 11.6 Å². The second kappa shape index (κ2) is 18.7. The molecule has 0 spiro atoms. The summed E-state index contributed by atoms with van der Waals surface area (Å²) in [5, 5.41) is 14.9. The van der Waals surface area contributed by atoms with E-state index in [0.717, 1.165) is 29.6 Å². The predicted molar refractivity (Wildman–Crippen MR) is 189 cm³/mol. The molecule has 0 atom stereocenters. The van der Waals surface area contributed by atoms with Gasteiger partial charge in [-0.2, -0.15) is 0 Å². The SMILES string of the molecule is CC(C)CCCCCCCCCCCCCOc1ccccc1NC(=O)c1ccc(-n2oc(C(C)(C)C)c(CCl)c2=O)c([N+](=O)[O-])c1. The lowest BCUT2D eigenvalue weighted by Gasteiger charge is -2.15. The van der Waals surface area contributed by atoms with Crippen molar-refractivity contribution >= 4 is 28.9 Å². The van der Waals surface area contributed by atoms with Crippen molar-refractivity contribution in [3.63, 3.8) is 0 Å². The van der Waals surface area contributed by atoms with Crippen molar-refractivity contribution in [2.24, 2.45) is 5.92 Å². The van der Waals surface area contributed by atoms with E-state index in [4.69, 9.17) is 20.9 Å². The van der Waals surface area contributed by atoms with Crippen LogP contribution in [0.15, 0.2) is 51.8 Å². The zero-order valence-electron chi connectivity index (χ0n) is 28.7. The van der Waals surface area contributed by atoms with Gasteiger partial charge in [0.1, 0.15) is 11.5 Å². The molecule has 1 N–H and O–H groups in total. The Kier molecular flexibility index (Phi) is 15.0. The van der Waals surface area contributed by atoms with Gasteiger partial charge in [-0.3, -0.25) is 19.7 Å². The number of hydrogen-bond acceptors (Lipinski definition) is 6. The highest BCUT2D eigenvalue weighted by Crippen LogP contribution is 2.31. The van der Waals surface area contributed by atoms with E-state index >= 15 is 0 Å². The fourth-order valence-corrected chi connectivity index (χ4v) is 5.81. The van der Waals surface area contributed by atoms with Crippen LogP contribution in [0.5, 0.6) is 5.75 Å². The number of nitro groups is 1. The molecule has 258 valence electrons. The summed E-state index contributed by atoms with van der Waals surface area (Å²) in [5.41, 5.74) is -0.904. The monoisotopic (exact) mass is 669 g/mol. The second-order valence-corrected chi connectivity index (χ2v) is 14.0. The van der Waals surface area contributed by atoms with Gasteiger partial charge in [-0.25, -0.2) is 0 Å². The van der Waals surface area contributed by atoms with Gasteiger partial charge in [-0.05, 0) is 36.6 Å². The Hall–Kier alpha value is -3.59. The molecule has 1 aromatic heterocycles. The molecular weight excluding hydrogens is 618 g/mol. The molecule has 0 aliphatic heterocycles. The smallest absolute Gasteiger partial charge is 0.297 e. The van der Waals surface area contributed by atoms with Gasteiger partial charge < -0.3 is 14.6 Å². The fourth-order valence-electron chi connectivity index (χ4n) is 5.57. The number of ether oxygens (including phenoxy) is 1. The number of para-hydroxylation sites is 2. The molecule has 9 nitrogen and oxygen atoms in total. The van der Waals surface area contributed by atoms with Crippen LogP contribution in [0, 0.1) is 16.0 Å². The number of nitro benzene ring substituents is 1. The standard InChI is InChI=1S/C37H52ClN3O6/c1-27(2)19-15-13-11-9-7-6-8-10-12-14-18-24-46-33-21-17-16-20-30(33)39-35(42)28-22-23-31(32(25-28)41(44)45)40-36(43)29(26-38)34(47-40)37(3,4)5/h16-17,20-23,25,27H,6-15,18-19,24,26H2,1-5H3,(H,39,42). The summed E-state index contributed by atoms with van der Waals surface area (Å²) in [4.78, 5) is 37.7. The summed E-state index contributed by atoms with van der Waals surface area (Å²) in [6, 6.07) is 11.0. The number of carbonyl (C=O) groups excluding carboxylic acids is 1. The summed E-state index contributed by atoms with van der Waals surface area (Å²) in [7, 11) is 0. The number of alkyl halides is 1. The van der Waals surface area contributed by atoms with E-state index in [9.17, 15) is 19.7 Å². The first-order valence-corrected chi connectivity index (χ1v) is 17.6. The number of aromatic nitrogens is 1. The van der Waals surface area contributed by atoms with Crippen molar-refractivity contribution in [1.29, 1.82) is 0 Å². The second-order valence-electron chi connectivity index (χ2n) is 13.7. The van der Waals surface area contributed by atoms with Gasteiger partial charge in [0.2, 0.25) is 0 Å². The summed E-state index contributed by atoms with van der Waals surface area (Å²) < 4.78 is 12.7. The van der Waals surface area contributed by atoms with Crippen molar-refractivity contribution in [2.45, 2.75) is 123 Å². The summed E-state index contributed by atoms with van der Waals surface area (Å²) in [6.07, 6.45) is 15.1. The molecule has 47 heavy (non-hydrogen) atoms. The minimum atomic E-state index is -0.648. The first-order chi connectivity index (χ1) is 22.4. The van der Waals surface area contributed by atoms with Gasteiger partial charge in [0, 0.05) is 17.0 Å². The van der Waals surface area contributed by atoms with Crippen LogP contribution in [0.2, 0.25) is 0 Å². The van der Waals surface area contributed by atoms with Crippen LogP contribution in [-0.2, 0) is 11.3 Å². The average molecular weight is 670 g/mol. The van der Waals surface area contributed by atoms with Gasteiger partial charge in [0.05, 0.1) is 28.7 Å². The highest BCUT2D eigenvalue weighted by molar-refractivity contribution is 6.17. The summed E-state index contributed by atoms with van der Waals surface area (Å²) in [5.74, 6) is 1.05. The quantitative estimate of drug-likeness (QED) is 0.0554. The van der Waals surface area contributed by atoms with Crippen LogP contribution in [-0.4, -0.2) is 22.2 Å². The molecule has 0 saturated carbocycles. The van der Waals surface area contributed by atoms with Gasteiger partial charge in [0.15, 0.2) is 5.69 Å². The number of halogens is 1. The Morgan fingerprint density at radius 3 is 2.11 bits per heavy atom. The Morgan fingerprint density at radius 1 is 0.957 bits per heavy atom. The third kappa shape index (κ3) is 11.6. The van der Waals surface area contributed by atoms with E-state index in [2.05, 4.69) is 19.2 Å². The molecule has 3 rings (SSSR count). The first-order valence-electron chi connectivity index (χ1n) is 17.1. The number of nitrogens with zero attached hydrogens (tertiary/aromatic N) is 2. The Morgan fingerprint density at radius 2 is 1.55 bits per heavy atom. The topological polar surface area (TPSA) is 117 Å². The maximum absolute atomic E-state index is 13.2. The first kappa shape index (κ1) is 37.9. The molecule has 1 amide bonds. The Balaban J connectivity index is 1.52. The van der Waals surface area contributed by atoms with Gasteiger partial charge in [-0.1, -0.05) is 117 Å². The maximum Gasteiger partial charge on any atom is 0.297 e. The van der Waals surface area contributed by atoms with Gasteiger partial charge >= 0.3 is 0 Å². The van der Waals surface area contributed by atoms with Crippen molar-refractivity contribution in [2.75, 3.05) is 11.9 Å². The molecule has 10 heteroatoms. The molecule has 0 bridgehead atoms. The molecule has 3 aromatic rings. The number of rotatable bonds is 20. The lowest BCUT2D eigenvalue weighted by atomic mass is 9.91. The van der Waals surface area contributed by atoms with Crippen LogP contribution in [0.25, 0.3) is 5.69 Å². The molecule has 2 aromatic carbocycles. The van der Waals surface area contributed by atoms with Crippen molar-refractivity contribution in [3.05, 3.63) is 79.8 Å². The average Bonchev–Trinajstić information content (AvgIpc) is 3.37. The minimum absolute atomic E-state index is 0.0506. The van der Waals surface area contributed by atoms with Crippen molar-refractivity contribution in [1.82, 2.24) is 4.74 Å². The zero-order valence-corrected chi connectivity index (χ0v) is 29.5. The van der Waals surface area contributed by atoms with Crippen LogP contribution in [0.1, 0.15) is 133 Å². The van der Waals surface area contributed by atoms with Crippen molar-refractivity contribution < 1.29 is 19.0 Å². The summed E-state index contributed by atoms with van der Waals surface area (Å²) >= 11 is 6.03. The van der Waals surface area contributed by atoms with E-state index in [0.29, 0.717) is 23.8 Å². The fraction of sp³-hybridized carbons (Fsp3) is 0.568. The maximum atomic E-state index is 13.2. The van der Waals surface area contributed by atoms with E-state index < -0.39 is 27.5 Å². The predicted octanol–water partition coefficient (Wildman–Crippen LogP) is 10.3. The number of amides is 1. The molecule has 0 radical (unpaired) electrons. The summed E-state index contributed by atoms with van der Waals surface area (Å²) in [6.45, 7) is 10.7. The molecule has 0 saturated heterocycles. The van der Waals surface area contributed by atoms with Crippen LogP contribution in [0.3, 0.4) is 0 Å². The zero-order chi connectivity index (χ0) is 34.4. The number of benzene rings is 2. The minimum Gasteiger partial charge on any atom is -0.491 e. The number of unbranched alkanes of at least 4 members (excludes halogenated alkanes) is 10. The van der Waals surface area contributed by atoms with E-state index in [1.54, 1.807) is 18.2 Å². The lowest BCUT2D eigenvalue weighted by Crippen LogP contribution is -2.18.